The second-order valence-corrected chi connectivity index (χ2v) is 5.35. The standard InChI is InChI=1S/C18H19NO4/c1-12(2)23-18(21)16(11-15-5-4-10-22-15)19-17(20)14-8-6-13(3)7-9-14/h4-12H,1-3H3,(H,19,20)/b16-11-. The van der Waals surface area contributed by atoms with E-state index in [1.165, 1.54) is 12.3 Å². The van der Waals surface area contributed by atoms with Gasteiger partial charge in [-0.1, -0.05) is 17.7 Å². The van der Waals surface area contributed by atoms with Gasteiger partial charge >= 0.3 is 5.97 Å². The van der Waals surface area contributed by atoms with Crippen LogP contribution in [0.2, 0.25) is 0 Å². The topological polar surface area (TPSA) is 68.5 Å². The van der Waals surface area contributed by atoms with Crippen molar-refractivity contribution < 1.29 is 18.7 Å². The van der Waals surface area contributed by atoms with Gasteiger partial charge in [-0.25, -0.2) is 4.79 Å². The van der Waals surface area contributed by atoms with Crippen LogP contribution in [0.3, 0.4) is 0 Å². The SMILES string of the molecule is Cc1ccc(C(=O)N/C(=C\c2ccco2)C(=O)OC(C)C)cc1. The lowest BCUT2D eigenvalue weighted by Crippen LogP contribution is -2.29. The van der Waals surface area contributed by atoms with E-state index < -0.39 is 5.97 Å². The summed E-state index contributed by atoms with van der Waals surface area (Å²) in [6.07, 6.45) is 2.63. The van der Waals surface area contributed by atoms with E-state index in [4.69, 9.17) is 9.15 Å². The zero-order chi connectivity index (χ0) is 16.8. The second-order valence-electron chi connectivity index (χ2n) is 5.35. The lowest BCUT2D eigenvalue weighted by atomic mass is 10.1. The molecule has 0 aliphatic heterocycles. The molecule has 0 unspecified atom stereocenters. The average Bonchev–Trinajstić information content (AvgIpc) is 2.99. The van der Waals surface area contributed by atoms with Crippen LogP contribution in [0.4, 0.5) is 0 Å². The van der Waals surface area contributed by atoms with Crippen LogP contribution < -0.4 is 5.32 Å². The van der Waals surface area contributed by atoms with Crippen LogP contribution >= 0.6 is 0 Å². The van der Waals surface area contributed by atoms with Crippen molar-refractivity contribution >= 4 is 18.0 Å². The van der Waals surface area contributed by atoms with Crippen molar-refractivity contribution in [3.63, 3.8) is 0 Å². The molecule has 120 valence electrons. The molecule has 0 atom stereocenters. The lowest BCUT2D eigenvalue weighted by Gasteiger charge is -2.12. The molecule has 0 spiro atoms. The van der Waals surface area contributed by atoms with E-state index >= 15 is 0 Å². The van der Waals surface area contributed by atoms with E-state index in [2.05, 4.69) is 5.32 Å². The minimum absolute atomic E-state index is 0.0271. The van der Waals surface area contributed by atoms with Crippen LogP contribution in [0.15, 0.2) is 52.8 Å². The van der Waals surface area contributed by atoms with Gasteiger partial charge in [0.2, 0.25) is 0 Å². The normalized spacial score (nSPS) is 11.4. The van der Waals surface area contributed by atoms with Gasteiger partial charge in [-0.2, -0.15) is 0 Å². The molecule has 0 radical (unpaired) electrons. The minimum atomic E-state index is -0.614. The molecule has 5 nitrogen and oxygen atoms in total. The Morgan fingerprint density at radius 2 is 1.87 bits per heavy atom. The molecule has 2 rings (SSSR count). The fraction of sp³-hybridized carbons (Fsp3) is 0.222. The highest BCUT2D eigenvalue weighted by Crippen LogP contribution is 2.10. The zero-order valence-corrected chi connectivity index (χ0v) is 13.3. The number of rotatable bonds is 5. The van der Waals surface area contributed by atoms with Crippen molar-refractivity contribution in [2.45, 2.75) is 26.9 Å². The predicted octanol–water partition coefficient (Wildman–Crippen LogP) is 3.31. The van der Waals surface area contributed by atoms with Crippen molar-refractivity contribution in [3.05, 3.63) is 65.2 Å². The summed E-state index contributed by atoms with van der Waals surface area (Å²) < 4.78 is 10.3. The fourth-order valence-electron chi connectivity index (χ4n) is 1.84. The Labute approximate surface area is 134 Å². The molecule has 0 aliphatic carbocycles. The Morgan fingerprint density at radius 3 is 2.43 bits per heavy atom. The monoisotopic (exact) mass is 313 g/mol. The first kappa shape index (κ1) is 16.5. The molecule has 0 bridgehead atoms. The number of aryl methyl sites for hydroxylation is 1. The van der Waals surface area contributed by atoms with E-state index in [0.717, 1.165) is 5.56 Å². The maximum atomic E-state index is 12.3. The van der Waals surface area contributed by atoms with Gasteiger partial charge in [-0.15, -0.1) is 0 Å². The van der Waals surface area contributed by atoms with Gasteiger partial charge in [0.25, 0.3) is 5.91 Å². The first-order valence-corrected chi connectivity index (χ1v) is 7.30. The summed E-state index contributed by atoms with van der Waals surface area (Å²) in [4.78, 5) is 24.4. The summed E-state index contributed by atoms with van der Waals surface area (Å²) in [5, 5.41) is 2.58. The molecule has 0 fully saturated rings. The number of furan rings is 1. The molecule has 1 heterocycles. The third-order valence-corrected chi connectivity index (χ3v) is 2.95. The highest BCUT2D eigenvalue weighted by atomic mass is 16.5. The van der Waals surface area contributed by atoms with Gasteiger partial charge in [-0.05, 0) is 45.0 Å². The van der Waals surface area contributed by atoms with Gasteiger partial charge in [0.05, 0.1) is 12.4 Å². The van der Waals surface area contributed by atoms with Gasteiger partial charge in [0, 0.05) is 11.6 Å². The van der Waals surface area contributed by atoms with Crippen molar-refractivity contribution in [2.24, 2.45) is 0 Å². The highest BCUT2D eigenvalue weighted by molar-refractivity contribution is 6.03. The fourth-order valence-corrected chi connectivity index (χ4v) is 1.84. The largest absolute Gasteiger partial charge is 0.465 e. The molecule has 2 aromatic rings. The van der Waals surface area contributed by atoms with E-state index in [-0.39, 0.29) is 17.7 Å². The zero-order valence-electron chi connectivity index (χ0n) is 13.3. The van der Waals surface area contributed by atoms with Gasteiger partial charge < -0.3 is 14.5 Å². The first-order chi connectivity index (χ1) is 11.0. The van der Waals surface area contributed by atoms with Gasteiger partial charge in [-0.3, -0.25) is 4.79 Å². The Morgan fingerprint density at radius 1 is 1.17 bits per heavy atom. The molecule has 1 aromatic carbocycles. The summed E-state index contributed by atoms with van der Waals surface area (Å²) in [5.74, 6) is -0.551. The molecule has 1 N–H and O–H groups in total. The molecule has 0 aliphatic rings. The van der Waals surface area contributed by atoms with E-state index in [0.29, 0.717) is 11.3 Å². The maximum Gasteiger partial charge on any atom is 0.355 e. The molecule has 1 amide bonds. The van der Waals surface area contributed by atoms with Gasteiger partial charge in [0.15, 0.2) is 0 Å². The smallest absolute Gasteiger partial charge is 0.355 e. The van der Waals surface area contributed by atoms with Crippen LogP contribution in [0.1, 0.15) is 35.5 Å². The summed E-state index contributed by atoms with van der Waals surface area (Å²) in [7, 11) is 0. The summed E-state index contributed by atoms with van der Waals surface area (Å²) in [6.45, 7) is 5.42. The highest BCUT2D eigenvalue weighted by Gasteiger charge is 2.17. The molecule has 1 aromatic heterocycles. The number of hydrogen-bond donors (Lipinski definition) is 1. The lowest BCUT2D eigenvalue weighted by molar-refractivity contribution is -0.142. The van der Waals surface area contributed by atoms with Crippen molar-refractivity contribution in [3.8, 4) is 0 Å². The second kappa shape index (κ2) is 7.45. The first-order valence-electron chi connectivity index (χ1n) is 7.30. The van der Waals surface area contributed by atoms with Gasteiger partial charge in [0.1, 0.15) is 11.5 Å². The van der Waals surface area contributed by atoms with Crippen LogP contribution in [-0.2, 0) is 9.53 Å². The van der Waals surface area contributed by atoms with E-state index in [1.807, 2.05) is 19.1 Å². The summed E-state index contributed by atoms with van der Waals surface area (Å²) >= 11 is 0. The quantitative estimate of drug-likeness (QED) is 0.679. The average molecular weight is 313 g/mol. The van der Waals surface area contributed by atoms with E-state index in [9.17, 15) is 9.59 Å². The molecular weight excluding hydrogens is 294 g/mol. The Kier molecular flexibility index (Phi) is 5.36. The number of carbonyl (C=O) groups is 2. The number of carbonyl (C=O) groups excluding carboxylic acids is 2. The minimum Gasteiger partial charge on any atom is -0.465 e. The number of hydrogen-bond acceptors (Lipinski definition) is 4. The Balaban J connectivity index is 2.21. The predicted molar refractivity (Wildman–Crippen MR) is 86.6 cm³/mol. The molecule has 0 saturated carbocycles. The maximum absolute atomic E-state index is 12.3. The molecular formula is C18H19NO4. The molecule has 23 heavy (non-hydrogen) atoms. The van der Waals surface area contributed by atoms with Crippen molar-refractivity contribution in [2.75, 3.05) is 0 Å². The van der Waals surface area contributed by atoms with Crippen LogP contribution in [0.5, 0.6) is 0 Å². The van der Waals surface area contributed by atoms with Crippen LogP contribution in [0.25, 0.3) is 6.08 Å². The Bertz CT molecular complexity index is 697. The Hall–Kier alpha value is -2.82. The number of ether oxygens (including phenoxy) is 1. The number of nitrogens with one attached hydrogen (secondary N) is 1. The van der Waals surface area contributed by atoms with Crippen LogP contribution in [0, 0.1) is 6.92 Å². The molecule has 5 heteroatoms. The number of amides is 1. The molecule has 0 saturated heterocycles. The number of benzene rings is 1. The third-order valence-electron chi connectivity index (χ3n) is 2.95. The number of esters is 1. The van der Waals surface area contributed by atoms with E-state index in [1.54, 1.807) is 38.1 Å². The third kappa shape index (κ3) is 4.85. The summed E-state index contributed by atoms with van der Waals surface area (Å²) in [6, 6.07) is 10.4. The van der Waals surface area contributed by atoms with Crippen molar-refractivity contribution in [1.29, 1.82) is 0 Å². The van der Waals surface area contributed by atoms with Crippen molar-refractivity contribution in [1.82, 2.24) is 5.32 Å². The van der Waals surface area contributed by atoms with Crippen LogP contribution in [-0.4, -0.2) is 18.0 Å². The summed E-state index contributed by atoms with van der Waals surface area (Å²) in [5.41, 5.74) is 1.53.